The second-order valence-corrected chi connectivity index (χ2v) is 5.75. The van der Waals surface area contributed by atoms with Crippen LogP contribution < -0.4 is 16.0 Å². The van der Waals surface area contributed by atoms with Crippen LogP contribution in [-0.2, 0) is 0 Å². The molecular formula is C12H18Br2N6. The third-order valence-corrected chi connectivity index (χ3v) is 4.30. The molecule has 0 aliphatic carbocycles. The molecule has 8 heteroatoms. The van der Waals surface area contributed by atoms with Crippen LogP contribution in [0.2, 0.25) is 0 Å². The third kappa shape index (κ3) is 2.77. The predicted octanol–water partition coefficient (Wildman–Crippen LogP) is 2.27. The summed E-state index contributed by atoms with van der Waals surface area (Å²) < 4.78 is 3.27. The third-order valence-electron chi connectivity index (χ3n) is 2.98. The van der Waals surface area contributed by atoms with Gasteiger partial charge < -0.3 is 16.0 Å². The summed E-state index contributed by atoms with van der Waals surface area (Å²) in [7, 11) is 0. The Hall–Kier alpha value is -0.860. The van der Waals surface area contributed by atoms with E-state index in [-0.39, 0.29) is 0 Å². The Morgan fingerprint density at radius 1 is 1.25 bits per heavy atom. The Morgan fingerprint density at radius 3 is 2.55 bits per heavy atom. The molecule has 0 spiro atoms. The summed E-state index contributed by atoms with van der Waals surface area (Å²) in [5.41, 5.74) is 6.83. The smallest absolute Gasteiger partial charge is 0.173 e. The molecule has 0 amide bonds. The quantitative estimate of drug-likeness (QED) is 0.761. The Kier molecular flexibility index (Phi) is 5.22. The summed E-state index contributed by atoms with van der Waals surface area (Å²) in [5.74, 6) is 1.45. The first kappa shape index (κ1) is 15.5. The number of nitrogen functional groups attached to an aromatic ring is 1. The average Bonchev–Trinajstić information content (AvgIpc) is 2.87. The molecule has 1 saturated heterocycles. The van der Waals surface area contributed by atoms with Crippen LogP contribution in [0.4, 0.5) is 11.6 Å². The largest absolute Gasteiger partial charge is 0.383 e. The second-order valence-electron chi connectivity index (χ2n) is 4.10. The summed E-state index contributed by atoms with van der Waals surface area (Å²) in [4.78, 5) is 6.86. The number of piperazine rings is 1. The van der Waals surface area contributed by atoms with Gasteiger partial charge in [-0.25, -0.2) is 4.98 Å². The van der Waals surface area contributed by atoms with Gasteiger partial charge in [0.1, 0.15) is 16.1 Å². The van der Waals surface area contributed by atoms with Crippen LogP contribution in [0.25, 0.3) is 5.65 Å². The SMILES string of the molecule is CC.Nc1c(Br)c(N2CCNCC2)nc2c(Br)cnn12. The fraction of sp³-hybridized carbons (Fsp3) is 0.500. The molecule has 6 nitrogen and oxygen atoms in total. The van der Waals surface area contributed by atoms with Gasteiger partial charge in [0.25, 0.3) is 0 Å². The van der Waals surface area contributed by atoms with Crippen molar-refractivity contribution >= 4 is 49.1 Å². The minimum atomic E-state index is 0.569. The van der Waals surface area contributed by atoms with Gasteiger partial charge in [-0.1, -0.05) is 13.8 Å². The van der Waals surface area contributed by atoms with Crippen molar-refractivity contribution in [2.45, 2.75) is 13.8 Å². The van der Waals surface area contributed by atoms with Crippen LogP contribution in [0, 0.1) is 0 Å². The molecule has 0 radical (unpaired) electrons. The maximum atomic E-state index is 6.09. The minimum absolute atomic E-state index is 0.569. The van der Waals surface area contributed by atoms with E-state index in [1.54, 1.807) is 10.7 Å². The van der Waals surface area contributed by atoms with Gasteiger partial charge in [0.15, 0.2) is 5.65 Å². The van der Waals surface area contributed by atoms with Crippen LogP contribution in [0.3, 0.4) is 0 Å². The van der Waals surface area contributed by atoms with Crippen LogP contribution in [0.15, 0.2) is 15.1 Å². The highest BCUT2D eigenvalue weighted by Crippen LogP contribution is 2.32. The van der Waals surface area contributed by atoms with Crippen molar-refractivity contribution in [2.24, 2.45) is 0 Å². The van der Waals surface area contributed by atoms with Crippen molar-refractivity contribution in [1.29, 1.82) is 0 Å². The molecule has 2 aromatic rings. The number of hydrogen-bond donors (Lipinski definition) is 2. The van der Waals surface area contributed by atoms with Gasteiger partial charge in [-0.05, 0) is 31.9 Å². The highest BCUT2D eigenvalue weighted by atomic mass is 79.9. The lowest BCUT2D eigenvalue weighted by Gasteiger charge is -2.29. The summed E-state index contributed by atoms with van der Waals surface area (Å²) in [6.07, 6.45) is 1.70. The van der Waals surface area contributed by atoms with Gasteiger partial charge in [0.05, 0.1) is 10.7 Å². The van der Waals surface area contributed by atoms with Crippen molar-refractivity contribution < 1.29 is 0 Å². The highest BCUT2D eigenvalue weighted by molar-refractivity contribution is 9.11. The number of nitrogens with zero attached hydrogens (tertiary/aromatic N) is 4. The van der Waals surface area contributed by atoms with E-state index in [1.165, 1.54) is 0 Å². The summed E-state index contributed by atoms with van der Waals surface area (Å²) in [6, 6.07) is 0. The molecule has 1 fully saturated rings. The molecule has 3 N–H and O–H groups in total. The molecule has 20 heavy (non-hydrogen) atoms. The van der Waals surface area contributed by atoms with E-state index >= 15 is 0 Å². The lowest BCUT2D eigenvalue weighted by atomic mass is 10.3. The number of fused-ring (bicyclic) bond motifs is 1. The number of nitrogens with one attached hydrogen (secondary N) is 1. The first-order valence-corrected chi connectivity index (χ1v) is 8.21. The van der Waals surface area contributed by atoms with Gasteiger partial charge in [0, 0.05) is 26.2 Å². The minimum Gasteiger partial charge on any atom is -0.383 e. The van der Waals surface area contributed by atoms with Gasteiger partial charge in [-0.3, -0.25) is 0 Å². The Bertz CT molecular complexity index is 591. The highest BCUT2D eigenvalue weighted by Gasteiger charge is 2.20. The molecule has 2 aromatic heterocycles. The predicted molar refractivity (Wildman–Crippen MR) is 89.2 cm³/mol. The summed E-state index contributed by atoms with van der Waals surface area (Å²) in [6.45, 7) is 7.76. The van der Waals surface area contributed by atoms with Crippen molar-refractivity contribution in [1.82, 2.24) is 19.9 Å². The van der Waals surface area contributed by atoms with E-state index < -0.39 is 0 Å². The molecule has 1 aliphatic heterocycles. The monoisotopic (exact) mass is 404 g/mol. The standard InChI is InChI=1S/C10H12Br2N6.C2H6/c11-6-5-15-18-8(13)7(12)10(16-9(6)18)17-3-1-14-2-4-17;1-2/h5,14H,1-4,13H2;1-2H3. The van der Waals surface area contributed by atoms with E-state index in [0.717, 1.165) is 46.6 Å². The molecule has 0 saturated carbocycles. The lowest BCUT2D eigenvalue weighted by Crippen LogP contribution is -2.44. The first-order chi connectivity index (χ1) is 9.68. The summed E-state index contributed by atoms with van der Waals surface area (Å²) in [5, 5.41) is 7.51. The average molecular weight is 406 g/mol. The fourth-order valence-corrected chi connectivity index (χ4v) is 2.90. The number of aromatic nitrogens is 3. The first-order valence-electron chi connectivity index (χ1n) is 6.62. The van der Waals surface area contributed by atoms with Gasteiger partial charge in [-0.2, -0.15) is 9.61 Å². The van der Waals surface area contributed by atoms with Crippen molar-refractivity contribution in [3.05, 3.63) is 15.1 Å². The van der Waals surface area contributed by atoms with E-state index in [0.29, 0.717) is 5.82 Å². The zero-order valence-corrected chi connectivity index (χ0v) is 14.7. The van der Waals surface area contributed by atoms with E-state index in [2.05, 4.69) is 52.2 Å². The Labute approximate surface area is 135 Å². The van der Waals surface area contributed by atoms with Crippen LogP contribution >= 0.6 is 31.9 Å². The van der Waals surface area contributed by atoms with Crippen molar-refractivity contribution in [3.63, 3.8) is 0 Å². The maximum Gasteiger partial charge on any atom is 0.173 e. The molecule has 0 atom stereocenters. The molecule has 110 valence electrons. The molecular weight excluding hydrogens is 388 g/mol. The number of halogens is 2. The fourth-order valence-electron chi connectivity index (χ4n) is 2.04. The molecule has 0 unspecified atom stereocenters. The molecule has 3 rings (SSSR count). The number of rotatable bonds is 1. The Morgan fingerprint density at radius 2 is 1.90 bits per heavy atom. The summed E-state index contributed by atoms with van der Waals surface area (Å²) >= 11 is 6.96. The lowest BCUT2D eigenvalue weighted by molar-refractivity contribution is 0.584. The van der Waals surface area contributed by atoms with Gasteiger partial charge >= 0.3 is 0 Å². The van der Waals surface area contributed by atoms with E-state index in [9.17, 15) is 0 Å². The zero-order chi connectivity index (χ0) is 14.7. The van der Waals surface area contributed by atoms with Crippen molar-refractivity contribution in [2.75, 3.05) is 36.8 Å². The molecule has 1 aliphatic rings. The van der Waals surface area contributed by atoms with Crippen LogP contribution in [-0.4, -0.2) is 40.8 Å². The second kappa shape index (κ2) is 6.73. The normalized spacial score (nSPS) is 15.1. The van der Waals surface area contributed by atoms with E-state index in [1.807, 2.05) is 13.8 Å². The number of nitrogens with two attached hydrogens (primary N) is 1. The Balaban J connectivity index is 0.000000704. The van der Waals surface area contributed by atoms with Crippen molar-refractivity contribution in [3.8, 4) is 0 Å². The van der Waals surface area contributed by atoms with E-state index in [4.69, 9.17) is 5.73 Å². The number of anilines is 2. The van der Waals surface area contributed by atoms with Gasteiger partial charge in [0.2, 0.25) is 0 Å². The van der Waals surface area contributed by atoms with Crippen LogP contribution in [0.1, 0.15) is 13.8 Å². The molecule has 0 aromatic carbocycles. The number of hydrogen-bond acceptors (Lipinski definition) is 5. The van der Waals surface area contributed by atoms with Crippen LogP contribution in [0.5, 0.6) is 0 Å². The molecule has 3 heterocycles. The maximum absolute atomic E-state index is 6.09. The zero-order valence-electron chi connectivity index (χ0n) is 11.5. The van der Waals surface area contributed by atoms with Gasteiger partial charge in [-0.15, -0.1) is 0 Å². The topological polar surface area (TPSA) is 71.5 Å². The molecule has 0 bridgehead atoms.